The summed E-state index contributed by atoms with van der Waals surface area (Å²) in [5, 5.41) is 4.94. The molecule has 1 saturated carbocycles. The van der Waals surface area contributed by atoms with Crippen LogP contribution in [0.4, 0.5) is 0 Å². The Balaban J connectivity index is 1.97. The Kier molecular flexibility index (Phi) is 4.57. The standard InChI is InChI=1S/C14H24N2S/c1-4-5-12-13(9-15-8-10(2)3)17-14(16-12)11-6-7-11/h10-11,15H,4-9H2,1-3H3. The zero-order valence-electron chi connectivity index (χ0n) is 11.3. The smallest absolute Gasteiger partial charge is 0.0962 e. The molecule has 0 atom stereocenters. The molecule has 3 heteroatoms. The van der Waals surface area contributed by atoms with Gasteiger partial charge in [0.05, 0.1) is 10.7 Å². The molecule has 1 heterocycles. The Morgan fingerprint density at radius 3 is 2.76 bits per heavy atom. The molecule has 0 amide bonds. The Hall–Kier alpha value is -0.410. The summed E-state index contributed by atoms with van der Waals surface area (Å²) in [5.74, 6) is 1.52. The molecule has 0 spiro atoms. The van der Waals surface area contributed by atoms with Crippen molar-refractivity contribution in [1.82, 2.24) is 10.3 Å². The lowest BCUT2D eigenvalue weighted by molar-refractivity contribution is 0.553. The molecule has 1 aromatic heterocycles. The van der Waals surface area contributed by atoms with Crippen LogP contribution < -0.4 is 5.32 Å². The number of aromatic nitrogens is 1. The molecular weight excluding hydrogens is 228 g/mol. The van der Waals surface area contributed by atoms with Crippen molar-refractivity contribution in [1.29, 1.82) is 0 Å². The van der Waals surface area contributed by atoms with Gasteiger partial charge in [-0.05, 0) is 31.7 Å². The van der Waals surface area contributed by atoms with Crippen LogP contribution in [-0.4, -0.2) is 11.5 Å². The number of aryl methyl sites for hydroxylation is 1. The highest BCUT2D eigenvalue weighted by Gasteiger charge is 2.27. The van der Waals surface area contributed by atoms with E-state index in [9.17, 15) is 0 Å². The van der Waals surface area contributed by atoms with Crippen LogP contribution in [0.15, 0.2) is 0 Å². The van der Waals surface area contributed by atoms with E-state index in [2.05, 4.69) is 26.1 Å². The van der Waals surface area contributed by atoms with Gasteiger partial charge in [-0.3, -0.25) is 0 Å². The van der Waals surface area contributed by atoms with E-state index in [0.29, 0.717) is 0 Å². The van der Waals surface area contributed by atoms with Gasteiger partial charge in [-0.25, -0.2) is 4.98 Å². The maximum absolute atomic E-state index is 4.84. The van der Waals surface area contributed by atoms with Crippen molar-refractivity contribution in [3.8, 4) is 0 Å². The maximum Gasteiger partial charge on any atom is 0.0962 e. The largest absolute Gasteiger partial charge is 0.312 e. The predicted molar refractivity (Wildman–Crippen MR) is 74.6 cm³/mol. The second kappa shape index (κ2) is 5.96. The van der Waals surface area contributed by atoms with Crippen LogP contribution in [0.3, 0.4) is 0 Å². The van der Waals surface area contributed by atoms with E-state index >= 15 is 0 Å². The molecule has 0 radical (unpaired) electrons. The second-order valence-corrected chi connectivity index (χ2v) is 6.59. The molecule has 0 aromatic carbocycles. The quantitative estimate of drug-likeness (QED) is 0.800. The van der Waals surface area contributed by atoms with E-state index in [0.717, 1.165) is 31.3 Å². The molecule has 1 aromatic rings. The molecule has 0 aliphatic heterocycles. The van der Waals surface area contributed by atoms with Gasteiger partial charge < -0.3 is 5.32 Å². The Bertz CT molecular complexity index is 353. The van der Waals surface area contributed by atoms with E-state index in [1.807, 2.05) is 11.3 Å². The number of rotatable bonds is 7. The first-order valence-corrected chi connectivity index (χ1v) is 7.71. The third-order valence-corrected chi connectivity index (χ3v) is 4.31. The molecule has 1 N–H and O–H groups in total. The SMILES string of the molecule is CCCc1nc(C2CC2)sc1CNCC(C)C. The number of nitrogens with one attached hydrogen (secondary N) is 1. The van der Waals surface area contributed by atoms with Crippen molar-refractivity contribution in [2.45, 2.75) is 58.9 Å². The first-order valence-electron chi connectivity index (χ1n) is 6.89. The van der Waals surface area contributed by atoms with E-state index < -0.39 is 0 Å². The van der Waals surface area contributed by atoms with Crippen molar-refractivity contribution >= 4 is 11.3 Å². The lowest BCUT2D eigenvalue weighted by atomic mass is 10.2. The molecular formula is C14H24N2S. The summed E-state index contributed by atoms with van der Waals surface area (Å²) in [6, 6.07) is 0. The molecule has 1 aliphatic rings. The average Bonchev–Trinajstić information content (AvgIpc) is 3.04. The van der Waals surface area contributed by atoms with Gasteiger partial charge in [0.25, 0.3) is 0 Å². The topological polar surface area (TPSA) is 24.9 Å². The first kappa shape index (κ1) is 13.0. The highest BCUT2D eigenvalue weighted by Crippen LogP contribution is 2.42. The summed E-state index contributed by atoms with van der Waals surface area (Å²) in [6.07, 6.45) is 5.06. The fraction of sp³-hybridized carbons (Fsp3) is 0.786. The predicted octanol–water partition coefficient (Wildman–Crippen LogP) is 3.72. The van der Waals surface area contributed by atoms with Crippen LogP contribution in [0.25, 0.3) is 0 Å². The third-order valence-electron chi connectivity index (χ3n) is 3.05. The summed E-state index contributed by atoms with van der Waals surface area (Å²) in [7, 11) is 0. The molecule has 2 rings (SSSR count). The van der Waals surface area contributed by atoms with Crippen molar-refractivity contribution in [3.05, 3.63) is 15.6 Å². The Labute approximate surface area is 109 Å². The summed E-state index contributed by atoms with van der Waals surface area (Å²) >= 11 is 1.95. The van der Waals surface area contributed by atoms with E-state index in [1.54, 1.807) is 0 Å². The van der Waals surface area contributed by atoms with Gasteiger partial charge in [0.15, 0.2) is 0 Å². The van der Waals surface area contributed by atoms with Gasteiger partial charge in [-0.2, -0.15) is 0 Å². The lowest BCUT2D eigenvalue weighted by Gasteiger charge is -2.06. The van der Waals surface area contributed by atoms with Crippen molar-refractivity contribution in [3.63, 3.8) is 0 Å². The average molecular weight is 252 g/mol. The van der Waals surface area contributed by atoms with Gasteiger partial charge >= 0.3 is 0 Å². The van der Waals surface area contributed by atoms with Crippen LogP contribution in [-0.2, 0) is 13.0 Å². The number of hydrogen-bond acceptors (Lipinski definition) is 3. The van der Waals surface area contributed by atoms with Crippen molar-refractivity contribution in [2.75, 3.05) is 6.54 Å². The number of thiazole rings is 1. The molecule has 2 nitrogen and oxygen atoms in total. The van der Waals surface area contributed by atoms with Gasteiger partial charge in [-0.1, -0.05) is 27.2 Å². The fourth-order valence-electron chi connectivity index (χ4n) is 1.95. The van der Waals surface area contributed by atoms with Crippen LogP contribution in [0, 0.1) is 5.92 Å². The number of nitrogens with zero attached hydrogens (tertiary/aromatic N) is 1. The first-order chi connectivity index (χ1) is 8.20. The minimum atomic E-state index is 0.723. The Morgan fingerprint density at radius 1 is 1.41 bits per heavy atom. The number of hydrogen-bond donors (Lipinski definition) is 1. The van der Waals surface area contributed by atoms with Gasteiger partial charge in [0, 0.05) is 17.3 Å². The van der Waals surface area contributed by atoms with Gasteiger partial charge in [0.2, 0.25) is 0 Å². The molecule has 17 heavy (non-hydrogen) atoms. The van der Waals surface area contributed by atoms with E-state index in [-0.39, 0.29) is 0 Å². The van der Waals surface area contributed by atoms with Gasteiger partial charge in [-0.15, -0.1) is 11.3 Å². The van der Waals surface area contributed by atoms with Crippen molar-refractivity contribution in [2.24, 2.45) is 5.92 Å². The molecule has 1 aliphatic carbocycles. The minimum Gasteiger partial charge on any atom is -0.312 e. The molecule has 96 valence electrons. The third kappa shape index (κ3) is 3.78. The summed E-state index contributed by atoms with van der Waals surface area (Å²) in [4.78, 5) is 6.32. The van der Waals surface area contributed by atoms with Gasteiger partial charge in [0.1, 0.15) is 0 Å². The highest BCUT2D eigenvalue weighted by molar-refractivity contribution is 7.11. The highest BCUT2D eigenvalue weighted by atomic mass is 32.1. The van der Waals surface area contributed by atoms with Crippen LogP contribution >= 0.6 is 11.3 Å². The molecule has 0 unspecified atom stereocenters. The fourth-order valence-corrected chi connectivity index (χ4v) is 3.20. The molecule has 0 bridgehead atoms. The second-order valence-electron chi connectivity index (χ2n) is 5.47. The summed E-state index contributed by atoms with van der Waals surface area (Å²) in [5.41, 5.74) is 1.36. The van der Waals surface area contributed by atoms with Crippen LogP contribution in [0.2, 0.25) is 0 Å². The normalized spacial score (nSPS) is 15.8. The van der Waals surface area contributed by atoms with Crippen LogP contribution in [0.5, 0.6) is 0 Å². The van der Waals surface area contributed by atoms with Crippen LogP contribution in [0.1, 0.15) is 61.5 Å². The molecule has 0 saturated heterocycles. The summed E-state index contributed by atoms with van der Waals surface area (Å²) in [6.45, 7) is 8.85. The summed E-state index contributed by atoms with van der Waals surface area (Å²) < 4.78 is 0. The zero-order valence-corrected chi connectivity index (χ0v) is 12.1. The van der Waals surface area contributed by atoms with E-state index in [1.165, 1.54) is 34.8 Å². The monoisotopic (exact) mass is 252 g/mol. The molecule has 1 fully saturated rings. The van der Waals surface area contributed by atoms with Crippen molar-refractivity contribution < 1.29 is 0 Å². The minimum absolute atomic E-state index is 0.723. The Morgan fingerprint density at radius 2 is 2.18 bits per heavy atom. The zero-order chi connectivity index (χ0) is 12.3. The lowest BCUT2D eigenvalue weighted by Crippen LogP contribution is -2.19. The maximum atomic E-state index is 4.84. The van der Waals surface area contributed by atoms with E-state index in [4.69, 9.17) is 4.98 Å².